The van der Waals surface area contributed by atoms with Crippen LogP contribution in [0, 0.1) is 5.82 Å². The highest BCUT2D eigenvalue weighted by Crippen LogP contribution is 2.31. The number of aromatic nitrogens is 1. The van der Waals surface area contributed by atoms with Crippen LogP contribution in [-0.2, 0) is 9.84 Å². The molecule has 0 bridgehead atoms. The zero-order valence-corrected chi connectivity index (χ0v) is 20.7. The molecule has 0 aliphatic rings. The van der Waals surface area contributed by atoms with Crippen LogP contribution >= 0.6 is 23.7 Å². The number of anilines is 1. The highest BCUT2D eigenvalue weighted by molar-refractivity contribution is 7.91. The lowest BCUT2D eigenvalue weighted by molar-refractivity contribution is 0.0983. The van der Waals surface area contributed by atoms with Crippen molar-refractivity contribution in [2.45, 2.75) is 25.7 Å². The zero-order valence-electron chi connectivity index (χ0n) is 18.2. The van der Waals surface area contributed by atoms with Gasteiger partial charge in [-0.25, -0.2) is 17.8 Å². The van der Waals surface area contributed by atoms with Crippen LogP contribution in [-0.4, -0.2) is 56.1 Å². The number of para-hydroxylation sites is 1. The van der Waals surface area contributed by atoms with Crippen molar-refractivity contribution in [2.75, 3.05) is 36.8 Å². The molecule has 0 fully saturated rings. The number of fused-ring (bicyclic) bond motifs is 1. The molecule has 1 heterocycles. The molecule has 10 heteroatoms. The molecule has 0 spiro atoms. The molecule has 2 aromatic carbocycles. The van der Waals surface area contributed by atoms with E-state index in [0.29, 0.717) is 28.5 Å². The van der Waals surface area contributed by atoms with E-state index in [0.717, 1.165) is 13.1 Å². The summed E-state index contributed by atoms with van der Waals surface area (Å²) in [7, 11) is -3.35. The summed E-state index contributed by atoms with van der Waals surface area (Å²) >= 11 is 1.26. The van der Waals surface area contributed by atoms with Gasteiger partial charge in [0.2, 0.25) is 0 Å². The van der Waals surface area contributed by atoms with Crippen molar-refractivity contribution in [3.8, 4) is 0 Å². The summed E-state index contributed by atoms with van der Waals surface area (Å²) in [5, 5.41) is 0.419. The second kappa shape index (κ2) is 11.2. The molecule has 3 rings (SSSR count). The van der Waals surface area contributed by atoms with Crippen LogP contribution in [0.1, 0.15) is 31.1 Å². The molecular weight excluding hydrogens is 473 g/mol. The van der Waals surface area contributed by atoms with Gasteiger partial charge in [-0.2, -0.15) is 0 Å². The number of rotatable bonds is 9. The Morgan fingerprint density at radius 1 is 1.03 bits per heavy atom. The van der Waals surface area contributed by atoms with Crippen molar-refractivity contribution in [3.05, 3.63) is 53.8 Å². The van der Waals surface area contributed by atoms with Crippen LogP contribution in [0.5, 0.6) is 0 Å². The van der Waals surface area contributed by atoms with Crippen LogP contribution in [0.3, 0.4) is 0 Å². The molecule has 0 radical (unpaired) electrons. The lowest BCUT2D eigenvalue weighted by Crippen LogP contribution is -2.38. The number of thiazole rings is 1. The number of hydrogen-bond acceptors (Lipinski definition) is 6. The highest BCUT2D eigenvalue weighted by atomic mass is 35.5. The van der Waals surface area contributed by atoms with Crippen LogP contribution in [0.2, 0.25) is 0 Å². The van der Waals surface area contributed by atoms with E-state index in [4.69, 9.17) is 0 Å². The first-order valence-corrected chi connectivity index (χ1v) is 12.7. The Morgan fingerprint density at radius 2 is 1.69 bits per heavy atom. The van der Waals surface area contributed by atoms with Gasteiger partial charge in [0.25, 0.3) is 5.91 Å². The Hall–Kier alpha value is -2.07. The molecule has 0 saturated heterocycles. The fourth-order valence-corrected chi connectivity index (χ4v) is 5.10. The van der Waals surface area contributed by atoms with E-state index in [-0.39, 0.29) is 34.5 Å². The van der Waals surface area contributed by atoms with Crippen LogP contribution in [0.4, 0.5) is 9.52 Å². The number of amides is 1. The average Bonchev–Trinajstić information content (AvgIpc) is 3.22. The Kier molecular flexibility index (Phi) is 9.15. The fraction of sp³-hybridized carbons (Fsp3) is 0.364. The smallest absolute Gasteiger partial charge is 0.260 e. The Morgan fingerprint density at radius 3 is 2.25 bits per heavy atom. The fourth-order valence-electron chi connectivity index (χ4n) is 3.21. The van der Waals surface area contributed by atoms with Crippen molar-refractivity contribution in [1.82, 2.24) is 9.88 Å². The topological polar surface area (TPSA) is 70.6 Å². The molecule has 0 unspecified atom stereocenters. The molecule has 32 heavy (non-hydrogen) atoms. The molecule has 1 aromatic heterocycles. The maximum Gasteiger partial charge on any atom is 0.260 e. The van der Waals surface area contributed by atoms with Crippen molar-refractivity contribution >= 4 is 54.8 Å². The minimum Gasteiger partial charge on any atom is -0.302 e. The first-order valence-electron chi connectivity index (χ1n) is 10.2. The number of sulfone groups is 1. The van der Waals surface area contributed by atoms with Gasteiger partial charge in [0.1, 0.15) is 11.3 Å². The molecule has 0 aliphatic heterocycles. The molecule has 0 N–H and O–H groups in total. The predicted molar refractivity (Wildman–Crippen MR) is 130 cm³/mol. The number of carbonyl (C=O) groups excluding carboxylic acids is 1. The van der Waals surface area contributed by atoms with E-state index in [1.54, 1.807) is 24.0 Å². The second-order valence-corrected chi connectivity index (χ2v) is 10.3. The van der Waals surface area contributed by atoms with E-state index in [1.165, 1.54) is 41.7 Å². The summed E-state index contributed by atoms with van der Waals surface area (Å²) in [6.07, 6.45) is 0. The normalized spacial score (nSPS) is 11.5. The molecule has 174 valence electrons. The Labute approximate surface area is 198 Å². The van der Waals surface area contributed by atoms with Gasteiger partial charge >= 0.3 is 0 Å². The Balaban J connectivity index is 0.00000363. The summed E-state index contributed by atoms with van der Waals surface area (Å²) in [6.45, 7) is 8.39. The van der Waals surface area contributed by atoms with Gasteiger partial charge in [0, 0.05) is 18.7 Å². The molecule has 1 amide bonds. The van der Waals surface area contributed by atoms with Gasteiger partial charge in [0.05, 0.1) is 15.3 Å². The van der Waals surface area contributed by atoms with Crippen LogP contribution in [0.15, 0.2) is 47.4 Å². The quantitative estimate of drug-likeness (QED) is 0.429. The number of halogens is 2. The third-order valence-corrected chi connectivity index (χ3v) is 8.00. The third kappa shape index (κ3) is 5.64. The first kappa shape index (κ1) is 26.2. The van der Waals surface area contributed by atoms with Gasteiger partial charge in [-0.05, 0) is 49.5 Å². The van der Waals surface area contributed by atoms with E-state index in [1.807, 2.05) is 0 Å². The summed E-state index contributed by atoms with van der Waals surface area (Å²) in [5.41, 5.74) is 0.599. The van der Waals surface area contributed by atoms with Gasteiger partial charge < -0.3 is 4.90 Å². The van der Waals surface area contributed by atoms with Crippen molar-refractivity contribution in [2.24, 2.45) is 0 Å². The maximum atomic E-state index is 14.2. The molecule has 6 nitrogen and oxygen atoms in total. The SMILES string of the molecule is CCN(CC)CCN(C(=O)c1ccc(S(=O)(=O)CC)cc1)c1nc2c(F)cccc2s1.Cl. The van der Waals surface area contributed by atoms with Crippen molar-refractivity contribution in [3.63, 3.8) is 0 Å². The lowest BCUT2D eigenvalue weighted by Gasteiger charge is -2.24. The van der Waals surface area contributed by atoms with E-state index in [9.17, 15) is 17.6 Å². The largest absolute Gasteiger partial charge is 0.302 e. The first-order chi connectivity index (χ1) is 14.8. The molecule has 3 aromatic rings. The van der Waals surface area contributed by atoms with Gasteiger partial charge in [-0.3, -0.25) is 9.69 Å². The number of carbonyl (C=O) groups is 1. The number of likely N-dealkylation sites (N-methyl/N-ethyl adjacent to an activating group) is 1. The number of hydrogen-bond donors (Lipinski definition) is 0. The summed E-state index contributed by atoms with van der Waals surface area (Å²) in [5.74, 6) is -0.731. The molecular formula is C22H27ClFN3O3S2. The minimum atomic E-state index is -3.35. The number of nitrogens with zero attached hydrogens (tertiary/aromatic N) is 3. The van der Waals surface area contributed by atoms with E-state index >= 15 is 0 Å². The third-order valence-electron chi connectivity index (χ3n) is 5.21. The second-order valence-electron chi connectivity index (χ2n) is 6.99. The van der Waals surface area contributed by atoms with E-state index in [2.05, 4.69) is 23.7 Å². The van der Waals surface area contributed by atoms with Gasteiger partial charge in [-0.1, -0.05) is 38.2 Å². The van der Waals surface area contributed by atoms with Crippen LogP contribution in [0.25, 0.3) is 10.2 Å². The highest BCUT2D eigenvalue weighted by Gasteiger charge is 2.23. The summed E-state index contributed by atoms with van der Waals surface area (Å²) < 4.78 is 39.0. The Bertz CT molecular complexity index is 1160. The average molecular weight is 500 g/mol. The maximum absolute atomic E-state index is 14.2. The molecule has 0 saturated carbocycles. The summed E-state index contributed by atoms with van der Waals surface area (Å²) in [4.78, 5) is 21.7. The number of benzene rings is 2. The zero-order chi connectivity index (χ0) is 22.6. The minimum absolute atomic E-state index is 0. The predicted octanol–water partition coefficient (Wildman–Crippen LogP) is 4.64. The molecule has 0 aliphatic carbocycles. The monoisotopic (exact) mass is 499 g/mol. The van der Waals surface area contributed by atoms with Crippen molar-refractivity contribution < 1.29 is 17.6 Å². The van der Waals surface area contributed by atoms with Gasteiger partial charge in [0.15, 0.2) is 15.0 Å². The standard InChI is InChI=1S/C22H26FN3O3S2.ClH/c1-4-25(5-2)14-15-26(22-24-20-18(23)8-7-9-19(20)30-22)21(27)16-10-12-17(13-11-16)31(28,29)6-3;/h7-13H,4-6,14-15H2,1-3H3;1H. The lowest BCUT2D eigenvalue weighted by atomic mass is 10.2. The molecule has 0 atom stereocenters. The van der Waals surface area contributed by atoms with E-state index < -0.39 is 15.7 Å². The van der Waals surface area contributed by atoms with Crippen LogP contribution < -0.4 is 4.90 Å². The van der Waals surface area contributed by atoms with Gasteiger partial charge in [-0.15, -0.1) is 12.4 Å². The summed E-state index contributed by atoms with van der Waals surface area (Å²) in [6, 6.07) is 10.7. The van der Waals surface area contributed by atoms with Crippen molar-refractivity contribution in [1.29, 1.82) is 0 Å².